The van der Waals surface area contributed by atoms with Gasteiger partial charge >= 0.3 is 0 Å². The van der Waals surface area contributed by atoms with Crippen molar-refractivity contribution in [2.24, 2.45) is 5.92 Å². The molecule has 1 atom stereocenters. The van der Waals surface area contributed by atoms with E-state index in [9.17, 15) is 8.42 Å². The maximum absolute atomic E-state index is 11.7. The lowest BCUT2D eigenvalue weighted by Crippen LogP contribution is -2.29. The zero-order valence-electron chi connectivity index (χ0n) is 10.1. The van der Waals surface area contributed by atoms with E-state index in [0.29, 0.717) is 12.4 Å². The first kappa shape index (κ1) is 15.0. The Kier molecular flexibility index (Phi) is 5.92. The Labute approximate surface area is 112 Å². The number of halogens is 1. The second-order valence-corrected chi connectivity index (χ2v) is 7.25. The Morgan fingerprint density at radius 2 is 2.24 bits per heavy atom. The molecule has 6 heteroatoms. The molecule has 1 unspecified atom stereocenters. The monoisotopic (exact) mass is 295 g/mol. The Bertz CT molecular complexity index is 442. The number of rotatable bonds is 7. The van der Waals surface area contributed by atoms with Crippen LogP contribution in [0.3, 0.4) is 0 Å². The molecule has 0 aliphatic carbocycles. The highest BCUT2D eigenvalue weighted by atomic mass is 35.5. The van der Waals surface area contributed by atoms with E-state index in [1.165, 1.54) is 5.56 Å². The summed E-state index contributed by atoms with van der Waals surface area (Å²) in [6, 6.07) is 2.04. The topological polar surface area (TPSA) is 46.2 Å². The van der Waals surface area contributed by atoms with E-state index in [0.717, 1.165) is 11.3 Å². The number of hydrogen-bond donors (Lipinski definition) is 1. The second kappa shape index (κ2) is 6.73. The summed E-state index contributed by atoms with van der Waals surface area (Å²) in [5.41, 5.74) is 1.21. The largest absolute Gasteiger partial charge is 0.212 e. The molecule has 17 heavy (non-hydrogen) atoms. The van der Waals surface area contributed by atoms with E-state index in [1.54, 1.807) is 11.3 Å². The predicted octanol–water partition coefficient (Wildman–Crippen LogP) is 2.60. The van der Waals surface area contributed by atoms with Crippen LogP contribution in [0.25, 0.3) is 0 Å². The van der Waals surface area contributed by atoms with Gasteiger partial charge in [0.25, 0.3) is 0 Å². The maximum atomic E-state index is 11.7. The van der Waals surface area contributed by atoms with E-state index in [-0.39, 0.29) is 11.7 Å². The summed E-state index contributed by atoms with van der Waals surface area (Å²) in [7, 11) is -3.22. The van der Waals surface area contributed by atoms with Crippen molar-refractivity contribution < 1.29 is 8.42 Å². The summed E-state index contributed by atoms with van der Waals surface area (Å²) >= 11 is 7.20. The van der Waals surface area contributed by atoms with Crippen LogP contribution >= 0.6 is 22.9 Å². The Morgan fingerprint density at radius 1 is 1.53 bits per heavy atom. The van der Waals surface area contributed by atoms with Gasteiger partial charge in [0.05, 0.1) is 5.75 Å². The molecule has 98 valence electrons. The minimum absolute atomic E-state index is 0.0249. The van der Waals surface area contributed by atoms with E-state index in [4.69, 9.17) is 11.6 Å². The summed E-state index contributed by atoms with van der Waals surface area (Å²) in [6.07, 6.45) is 0.929. The number of nitrogens with one attached hydrogen (secondary N) is 1. The van der Waals surface area contributed by atoms with Crippen LogP contribution in [-0.2, 0) is 23.0 Å². The van der Waals surface area contributed by atoms with Gasteiger partial charge in [0.15, 0.2) is 0 Å². The van der Waals surface area contributed by atoms with Gasteiger partial charge < -0.3 is 0 Å². The molecule has 0 radical (unpaired) electrons. The molecule has 3 nitrogen and oxygen atoms in total. The smallest absolute Gasteiger partial charge is 0.212 e. The average Bonchev–Trinajstić information content (AvgIpc) is 2.73. The number of aryl methyl sites for hydroxylation is 1. The molecule has 0 saturated heterocycles. The third kappa shape index (κ3) is 4.95. The van der Waals surface area contributed by atoms with E-state index in [2.05, 4.69) is 11.6 Å². The van der Waals surface area contributed by atoms with Crippen molar-refractivity contribution in [1.82, 2.24) is 4.72 Å². The standard InChI is InChI=1S/C11H18ClNO2S2/c1-3-10-4-5-16-11(10)7-13-17(14,15)8-9(2)6-12/h4-5,9,13H,3,6-8H2,1-2H3. The third-order valence-electron chi connectivity index (χ3n) is 2.44. The zero-order valence-corrected chi connectivity index (χ0v) is 12.5. The highest BCUT2D eigenvalue weighted by Gasteiger charge is 2.15. The molecule has 1 aromatic rings. The molecule has 1 N–H and O–H groups in total. The molecule has 0 bridgehead atoms. The van der Waals surface area contributed by atoms with E-state index >= 15 is 0 Å². The normalized spacial score (nSPS) is 13.8. The van der Waals surface area contributed by atoms with Gasteiger partial charge in [-0.2, -0.15) is 0 Å². The van der Waals surface area contributed by atoms with Crippen molar-refractivity contribution in [2.45, 2.75) is 26.8 Å². The molecular formula is C11H18ClNO2S2. The molecule has 0 fully saturated rings. The lowest BCUT2D eigenvalue weighted by molar-refractivity contribution is 0.569. The SMILES string of the molecule is CCc1ccsc1CNS(=O)(=O)CC(C)CCl. The molecule has 1 rings (SSSR count). The fourth-order valence-electron chi connectivity index (χ4n) is 1.49. The van der Waals surface area contributed by atoms with Crippen molar-refractivity contribution in [3.8, 4) is 0 Å². The van der Waals surface area contributed by atoms with Crippen LogP contribution in [-0.4, -0.2) is 20.1 Å². The zero-order chi connectivity index (χ0) is 12.9. The summed E-state index contributed by atoms with van der Waals surface area (Å²) in [5.74, 6) is 0.423. The number of sulfonamides is 1. The summed E-state index contributed by atoms with van der Waals surface area (Å²) in [5, 5.41) is 1.99. The number of alkyl halides is 1. The maximum Gasteiger partial charge on any atom is 0.212 e. The van der Waals surface area contributed by atoms with E-state index < -0.39 is 10.0 Å². The summed E-state index contributed by atoms with van der Waals surface area (Å²) < 4.78 is 26.1. The van der Waals surface area contributed by atoms with Gasteiger partial charge in [-0.05, 0) is 29.3 Å². The van der Waals surface area contributed by atoms with Crippen molar-refractivity contribution in [2.75, 3.05) is 11.6 Å². The first-order chi connectivity index (χ1) is 7.98. The fourth-order valence-corrected chi connectivity index (χ4v) is 4.09. The highest BCUT2D eigenvalue weighted by Crippen LogP contribution is 2.17. The minimum Gasteiger partial charge on any atom is -0.212 e. The third-order valence-corrected chi connectivity index (χ3v) is 5.52. The molecule has 0 aliphatic heterocycles. The Morgan fingerprint density at radius 3 is 2.82 bits per heavy atom. The van der Waals surface area contributed by atoms with Crippen molar-refractivity contribution >= 4 is 33.0 Å². The van der Waals surface area contributed by atoms with Gasteiger partial charge in [-0.15, -0.1) is 22.9 Å². The molecule has 0 saturated carbocycles. The Balaban J connectivity index is 2.55. The predicted molar refractivity (Wildman–Crippen MR) is 74.2 cm³/mol. The van der Waals surface area contributed by atoms with Gasteiger partial charge in [0.1, 0.15) is 0 Å². The van der Waals surface area contributed by atoms with Crippen LogP contribution in [0.5, 0.6) is 0 Å². The number of thiophene rings is 1. The van der Waals surface area contributed by atoms with Gasteiger partial charge in [-0.1, -0.05) is 13.8 Å². The molecule has 0 aromatic carbocycles. The minimum atomic E-state index is -3.22. The van der Waals surface area contributed by atoms with Crippen LogP contribution in [0.1, 0.15) is 24.3 Å². The van der Waals surface area contributed by atoms with Crippen LogP contribution in [0.4, 0.5) is 0 Å². The molecular weight excluding hydrogens is 278 g/mol. The quantitative estimate of drug-likeness (QED) is 0.786. The van der Waals surface area contributed by atoms with Gasteiger partial charge in [-0.3, -0.25) is 0 Å². The Hall–Kier alpha value is -0.100. The molecule has 0 amide bonds. The van der Waals surface area contributed by atoms with Crippen LogP contribution < -0.4 is 4.72 Å². The lowest BCUT2D eigenvalue weighted by atomic mass is 10.2. The van der Waals surface area contributed by atoms with Crippen molar-refractivity contribution in [1.29, 1.82) is 0 Å². The first-order valence-electron chi connectivity index (χ1n) is 5.57. The molecule has 0 aliphatic rings. The van der Waals surface area contributed by atoms with Crippen LogP contribution in [0.2, 0.25) is 0 Å². The van der Waals surface area contributed by atoms with Crippen LogP contribution in [0.15, 0.2) is 11.4 Å². The van der Waals surface area contributed by atoms with Crippen LogP contribution in [0, 0.1) is 5.92 Å². The fraction of sp³-hybridized carbons (Fsp3) is 0.636. The number of hydrogen-bond acceptors (Lipinski definition) is 3. The molecule has 0 spiro atoms. The first-order valence-corrected chi connectivity index (χ1v) is 8.63. The van der Waals surface area contributed by atoms with Crippen molar-refractivity contribution in [3.05, 3.63) is 21.9 Å². The summed E-state index contributed by atoms with van der Waals surface area (Å²) in [4.78, 5) is 1.09. The van der Waals surface area contributed by atoms with Gasteiger partial charge in [0, 0.05) is 17.3 Å². The molecule has 1 heterocycles. The van der Waals surface area contributed by atoms with Gasteiger partial charge in [0.2, 0.25) is 10.0 Å². The average molecular weight is 296 g/mol. The lowest BCUT2D eigenvalue weighted by Gasteiger charge is -2.10. The molecule has 1 aromatic heterocycles. The van der Waals surface area contributed by atoms with E-state index in [1.807, 2.05) is 18.4 Å². The van der Waals surface area contributed by atoms with Crippen molar-refractivity contribution in [3.63, 3.8) is 0 Å². The highest BCUT2D eigenvalue weighted by molar-refractivity contribution is 7.89. The van der Waals surface area contributed by atoms with Gasteiger partial charge in [-0.25, -0.2) is 13.1 Å². The summed E-state index contributed by atoms with van der Waals surface area (Å²) in [6.45, 7) is 4.28. The second-order valence-electron chi connectivity index (χ2n) is 4.08.